The Labute approximate surface area is 75.1 Å². The molecule has 0 saturated heterocycles. The molecule has 2 nitrogen and oxygen atoms in total. The first-order valence-corrected chi connectivity index (χ1v) is 0. The van der Waals surface area contributed by atoms with Gasteiger partial charge in [0.2, 0.25) is 0 Å². The summed E-state index contributed by atoms with van der Waals surface area (Å²) in [6.07, 6.45) is 0. The second kappa shape index (κ2) is 19.3. The van der Waals surface area contributed by atoms with E-state index in [-0.39, 0.29) is 76.4 Å². The molecule has 4 heteroatoms. The summed E-state index contributed by atoms with van der Waals surface area (Å²) < 4.78 is 0. The van der Waals surface area contributed by atoms with Crippen LogP contribution in [-0.2, 0) is 70.9 Å². The Hall–Kier alpha value is 2.13. The molecule has 0 aliphatic carbocycles. The van der Waals surface area contributed by atoms with Gasteiger partial charge in [-0.15, -0.1) is 0 Å². The van der Waals surface area contributed by atoms with Gasteiger partial charge >= 0.3 is 65.4 Å². The van der Waals surface area contributed by atoms with Crippen LogP contribution >= 0.6 is 0 Å². The molecule has 0 aromatic heterocycles. The first kappa shape index (κ1) is 35.6. The largest absolute Gasteiger partial charge is 3.00 e. The zero-order valence-corrected chi connectivity index (χ0v) is 7.69. The van der Waals surface area contributed by atoms with Crippen LogP contribution in [0.1, 0.15) is 0 Å². The van der Waals surface area contributed by atoms with Crippen molar-refractivity contribution in [2.24, 2.45) is 0 Å². The summed E-state index contributed by atoms with van der Waals surface area (Å²) >= 11 is 0. The van der Waals surface area contributed by atoms with Gasteiger partial charge in [-0.3, -0.25) is 0 Å². The standard InChI is InChI=1S/H2O.O.2Y/h1H2;;;/q;-2;2*+3/p-1. The fourth-order valence-electron chi connectivity index (χ4n) is 0. The van der Waals surface area contributed by atoms with Crippen LogP contribution < -0.4 is 0 Å². The Morgan fingerprint density at radius 1 is 0.750 bits per heavy atom. The second-order valence-electron chi connectivity index (χ2n) is 0. The summed E-state index contributed by atoms with van der Waals surface area (Å²) in [4.78, 5) is 0. The molecule has 4 heavy (non-hydrogen) atoms. The van der Waals surface area contributed by atoms with E-state index in [0.29, 0.717) is 0 Å². The average molecular weight is 211 g/mol. The SMILES string of the molecule is [O-2].[OH-].[Y+3].[Y+3]. The molecule has 0 unspecified atom stereocenters. The molecule has 0 spiro atoms. The summed E-state index contributed by atoms with van der Waals surface area (Å²) in [6.45, 7) is 0. The van der Waals surface area contributed by atoms with E-state index in [9.17, 15) is 0 Å². The fraction of sp³-hybridized carbons (Fsp3) is 0. The van der Waals surface area contributed by atoms with Crippen LogP contribution in [0, 0.1) is 0 Å². The summed E-state index contributed by atoms with van der Waals surface area (Å²) in [7, 11) is 0. The molecule has 0 aliphatic heterocycles. The molecule has 1 N–H and O–H groups in total. The summed E-state index contributed by atoms with van der Waals surface area (Å²) in [6, 6.07) is 0. The van der Waals surface area contributed by atoms with Gasteiger partial charge in [0.05, 0.1) is 0 Å². The second-order valence-corrected chi connectivity index (χ2v) is 0. The van der Waals surface area contributed by atoms with Gasteiger partial charge in [0, 0.05) is 0 Å². The van der Waals surface area contributed by atoms with E-state index >= 15 is 0 Å². The first-order valence-electron chi connectivity index (χ1n) is 0. The Kier molecular flexibility index (Phi) is 172. The monoisotopic (exact) mass is 211 g/mol. The predicted octanol–water partition coefficient (Wildman–Crippen LogP) is -0.301. The van der Waals surface area contributed by atoms with Crippen LogP contribution in [-0.4, -0.2) is 5.48 Å². The van der Waals surface area contributed by atoms with Crippen molar-refractivity contribution in [1.82, 2.24) is 0 Å². The number of hydrogen-bond acceptors (Lipinski definition) is 1. The van der Waals surface area contributed by atoms with E-state index in [1.807, 2.05) is 0 Å². The van der Waals surface area contributed by atoms with Gasteiger partial charge in [-0.2, -0.15) is 0 Å². The summed E-state index contributed by atoms with van der Waals surface area (Å²) in [5.41, 5.74) is 0. The third-order valence-electron chi connectivity index (χ3n) is 0. The van der Waals surface area contributed by atoms with Crippen molar-refractivity contribution in [2.75, 3.05) is 0 Å². The van der Waals surface area contributed by atoms with Crippen molar-refractivity contribution < 1.29 is 76.4 Å². The molecular formula is HO2Y2+3. The van der Waals surface area contributed by atoms with Crippen molar-refractivity contribution >= 4 is 0 Å². The Morgan fingerprint density at radius 3 is 0.750 bits per heavy atom. The molecule has 0 amide bonds. The average Bonchev–Trinajstić information content (AvgIpc) is 0. The molecule has 0 aromatic carbocycles. The Morgan fingerprint density at radius 2 is 0.750 bits per heavy atom. The molecule has 0 aliphatic rings. The van der Waals surface area contributed by atoms with Crippen LogP contribution in [0.5, 0.6) is 0 Å². The third-order valence-corrected chi connectivity index (χ3v) is 0. The zero-order valence-electron chi connectivity index (χ0n) is 2.01. The smallest absolute Gasteiger partial charge is 2.00 e. The molecule has 16 valence electrons. The van der Waals surface area contributed by atoms with E-state index < -0.39 is 0 Å². The number of rotatable bonds is 0. The predicted molar refractivity (Wildman–Crippen MR) is 2.62 cm³/mol. The quantitative estimate of drug-likeness (QED) is 0.542. The Balaban J connectivity index is 0. The van der Waals surface area contributed by atoms with Crippen LogP contribution in [0.15, 0.2) is 0 Å². The molecule has 0 atom stereocenters. The minimum atomic E-state index is 0. The maximum atomic E-state index is 0. The van der Waals surface area contributed by atoms with E-state index in [4.69, 9.17) is 0 Å². The molecule has 0 fully saturated rings. The topological polar surface area (TPSA) is 58.5 Å². The van der Waals surface area contributed by atoms with Crippen molar-refractivity contribution in [3.05, 3.63) is 0 Å². The van der Waals surface area contributed by atoms with Gasteiger partial charge < -0.3 is 11.0 Å². The van der Waals surface area contributed by atoms with Gasteiger partial charge in [-0.1, -0.05) is 0 Å². The van der Waals surface area contributed by atoms with E-state index in [1.165, 1.54) is 0 Å². The molecular weight excluding hydrogens is 210 g/mol. The van der Waals surface area contributed by atoms with Crippen molar-refractivity contribution in [3.63, 3.8) is 0 Å². The molecule has 0 aromatic rings. The molecule has 0 saturated carbocycles. The van der Waals surface area contributed by atoms with Crippen LogP contribution in [0.2, 0.25) is 0 Å². The summed E-state index contributed by atoms with van der Waals surface area (Å²) in [5.74, 6) is 0. The van der Waals surface area contributed by atoms with Crippen molar-refractivity contribution in [2.45, 2.75) is 0 Å². The number of hydrogen-bond donors (Lipinski definition) is 0. The minimum Gasteiger partial charge on any atom is -2.00 e. The third kappa shape index (κ3) is 8.92. The van der Waals surface area contributed by atoms with Gasteiger partial charge in [-0.25, -0.2) is 0 Å². The van der Waals surface area contributed by atoms with Crippen molar-refractivity contribution in [1.29, 1.82) is 0 Å². The molecule has 0 radical (unpaired) electrons. The van der Waals surface area contributed by atoms with Gasteiger partial charge in [0.1, 0.15) is 0 Å². The molecule has 0 rings (SSSR count). The maximum Gasteiger partial charge on any atom is 3.00 e. The van der Waals surface area contributed by atoms with Crippen LogP contribution in [0.3, 0.4) is 0 Å². The van der Waals surface area contributed by atoms with E-state index in [2.05, 4.69) is 0 Å². The fourth-order valence-corrected chi connectivity index (χ4v) is 0. The zero-order chi connectivity index (χ0) is 0. The van der Waals surface area contributed by atoms with Crippen LogP contribution in [0.4, 0.5) is 0 Å². The van der Waals surface area contributed by atoms with Gasteiger partial charge in [0.25, 0.3) is 0 Å². The Bertz CT molecular complexity index is 4.00. The minimum absolute atomic E-state index is 0. The summed E-state index contributed by atoms with van der Waals surface area (Å²) in [5, 5.41) is 0. The molecule has 0 bridgehead atoms. The maximum absolute atomic E-state index is 0. The van der Waals surface area contributed by atoms with Gasteiger partial charge in [0.15, 0.2) is 0 Å². The first-order chi connectivity index (χ1) is 0. The normalized spacial score (nSPS) is 0. The molecule has 0 heterocycles. The van der Waals surface area contributed by atoms with E-state index in [0.717, 1.165) is 0 Å². The van der Waals surface area contributed by atoms with Crippen molar-refractivity contribution in [3.8, 4) is 0 Å². The van der Waals surface area contributed by atoms with E-state index in [1.54, 1.807) is 0 Å². The van der Waals surface area contributed by atoms with Gasteiger partial charge in [-0.05, 0) is 0 Å². The van der Waals surface area contributed by atoms with Crippen LogP contribution in [0.25, 0.3) is 0 Å².